The number of rotatable bonds is 7. The predicted octanol–water partition coefficient (Wildman–Crippen LogP) is 4.06. The van der Waals surface area contributed by atoms with E-state index in [1.807, 2.05) is 56.7 Å². The highest BCUT2D eigenvalue weighted by atomic mass is 32.2. The first-order valence-electron chi connectivity index (χ1n) is 12.8. The van der Waals surface area contributed by atoms with E-state index in [-0.39, 0.29) is 28.9 Å². The summed E-state index contributed by atoms with van der Waals surface area (Å²) in [6.07, 6.45) is 2.56. The summed E-state index contributed by atoms with van der Waals surface area (Å²) in [7, 11) is -0.274. The van der Waals surface area contributed by atoms with Crippen LogP contribution in [0.5, 0.6) is 5.75 Å². The van der Waals surface area contributed by atoms with Gasteiger partial charge < -0.3 is 19.7 Å². The summed E-state index contributed by atoms with van der Waals surface area (Å²) in [6.45, 7) is 8.29. The number of fused-ring (bicyclic) bond motifs is 1. The highest BCUT2D eigenvalue weighted by Crippen LogP contribution is 2.39. The molecule has 2 heterocycles. The normalized spacial score (nSPS) is 17.0. The quantitative estimate of drug-likeness (QED) is 0.415. The topological polar surface area (TPSA) is 113 Å². The number of ether oxygens (including phenoxy) is 1. The van der Waals surface area contributed by atoms with Crippen molar-refractivity contribution < 1.29 is 23.1 Å². The van der Waals surface area contributed by atoms with Gasteiger partial charge in [0.1, 0.15) is 5.69 Å². The third kappa shape index (κ3) is 6.14. The Morgan fingerprint density at radius 3 is 2.53 bits per heavy atom. The molecule has 3 N–H and O–H groups in total. The number of carbonyl (C=O) groups excluding carboxylic acids is 1. The molecule has 1 unspecified atom stereocenters. The molecule has 2 aromatic carbocycles. The minimum absolute atomic E-state index is 0.236. The minimum atomic E-state index is -3.58. The number of benzene rings is 2. The van der Waals surface area contributed by atoms with Gasteiger partial charge in [-0.2, -0.15) is 0 Å². The number of amides is 1. The number of para-hydroxylation sites is 1. The number of likely N-dealkylation sites (tertiary alicyclic amines) is 1. The van der Waals surface area contributed by atoms with E-state index in [1.165, 1.54) is 7.11 Å². The maximum atomic E-state index is 13.6. The number of nitrogens with zero attached hydrogens (tertiary/aromatic N) is 2. The Morgan fingerprint density at radius 1 is 1.18 bits per heavy atom. The van der Waals surface area contributed by atoms with Crippen LogP contribution in [0, 0.1) is 0 Å². The van der Waals surface area contributed by atoms with Gasteiger partial charge in [0.15, 0.2) is 5.75 Å². The Hall–Kier alpha value is -3.08. The monoisotopic (exact) mass is 542 g/mol. The fourth-order valence-electron chi connectivity index (χ4n) is 5.10. The van der Waals surface area contributed by atoms with Crippen molar-refractivity contribution in [2.45, 2.75) is 51.7 Å². The summed E-state index contributed by atoms with van der Waals surface area (Å²) in [4.78, 5) is 15.8. The number of aliphatic hydroxyl groups excluding tert-OH is 1. The van der Waals surface area contributed by atoms with Crippen LogP contribution in [0.3, 0.4) is 0 Å². The number of carbonyl (C=O) groups is 1. The van der Waals surface area contributed by atoms with Gasteiger partial charge in [0, 0.05) is 25.5 Å². The van der Waals surface area contributed by atoms with E-state index in [0.29, 0.717) is 24.5 Å². The second kappa shape index (κ2) is 10.6. The van der Waals surface area contributed by atoms with Crippen molar-refractivity contribution in [2.75, 3.05) is 36.5 Å². The van der Waals surface area contributed by atoms with Gasteiger partial charge in [-0.05, 0) is 54.1 Å². The van der Waals surface area contributed by atoms with Crippen molar-refractivity contribution in [1.29, 1.82) is 0 Å². The molecule has 0 aliphatic carbocycles. The van der Waals surface area contributed by atoms with Gasteiger partial charge in [0.05, 0.1) is 36.4 Å². The first-order chi connectivity index (χ1) is 17.8. The summed E-state index contributed by atoms with van der Waals surface area (Å²) in [6, 6.07) is 11.4. The summed E-state index contributed by atoms with van der Waals surface area (Å²) in [5.74, 6) is -0.0995. The molecule has 0 radical (unpaired) electrons. The lowest BCUT2D eigenvalue weighted by Gasteiger charge is -2.30. The molecule has 1 aromatic heterocycles. The average molecular weight is 543 g/mol. The van der Waals surface area contributed by atoms with Gasteiger partial charge in [0.25, 0.3) is 5.91 Å². The Balaban J connectivity index is 1.71. The molecule has 4 rings (SSSR count). The lowest BCUT2D eigenvalue weighted by atomic mass is 9.86. The fraction of sp³-hybridized carbons (Fsp3) is 0.464. The van der Waals surface area contributed by atoms with Crippen molar-refractivity contribution in [3.05, 3.63) is 53.2 Å². The van der Waals surface area contributed by atoms with E-state index in [9.17, 15) is 18.3 Å². The molecule has 0 bridgehead atoms. The second-order valence-corrected chi connectivity index (χ2v) is 12.9. The molecule has 10 heteroatoms. The summed E-state index contributed by atoms with van der Waals surface area (Å²) < 4.78 is 34.0. The number of nitrogens with one attached hydrogen (secondary N) is 2. The number of β-amino-alcohol motifs (C(OH)–C–C–N with tert-alkyl or cyclic N) is 1. The number of aliphatic hydroxyl groups is 1. The molecule has 1 amide bonds. The maximum absolute atomic E-state index is 13.6. The van der Waals surface area contributed by atoms with Gasteiger partial charge >= 0.3 is 0 Å². The molecule has 1 aliphatic heterocycles. The first kappa shape index (κ1) is 27.9. The molecule has 1 atom stereocenters. The number of hydrogen-bond acceptors (Lipinski definition) is 6. The number of anilines is 2. The van der Waals surface area contributed by atoms with Crippen molar-refractivity contribution in [2.24, 2.45) is 7.05 Å². The largest absolute Gasteiger partial charge is 0.492 e. The van der Waals surface area contributed by atoms with Crippen LogP contribution >= 0.6 is 0 Å². The van der Waals surface area contributed by atoms with Crippen LogP contribution in [0.15, 0.2) is 36.4 Å². The summed E-state index contributed by atoms with van der Waals surface area (Å²) >= 11 is 0. The van der Waals surface area contributed by atoms with Crippen LogP contribution in [-0.2, 0) is 29.0 Å². The van der Waals surface area contributed by atoms with Gasteiger partial charge in [-0.15, -0.1) is 0 Å². The average Bonchev–Trinajstić information content (AvgIpc) is 3.15. The van der Waals surface area contributed by atoms with Crippen molar-refractivity contribution in [3.8, 4) is 5.75 Å². The summed E-state index contributed by atoms with van der Waals surface area (Å²) in [5.41, 5.74) is 3.69. The minimum Gasteiger partial charge on any atom is -0.492 e. The van der Waals surface area contributed by atoms with Crippen molar-refractivity contribution in [3.63, 3.8) is 0 Å². The zero-order chi connectivity index (χ0) is 27.8. The summed E-state index contributed by atoms with van der Waals surface area (Å²) in [5, 5.41) is 14.0. The molecule has 1 aliphatic rings. The van der Waals surface area contributed by atoms with Crippen LogP contribution in [0.2, 0.25) is 0 Å². The predicted molar refractivity (Wildman–Crippen MR) is 152 cm³/mol. The molecule has 1 fully saturated rings. The smallest absolute Gasteiger partial charge is 0.272 e. The van der Waals surface area contributed by atoms with Crippen LogP contribution in [0.1, 0.15) is 55.2 Å². The van der Waals surface area contributed by atoms with Crippen molar-refractivity contribution in [1.82, 2.24) is 9.47 Å². The van der Waals surface area contributed by atoms with Crippen LogP contribution in [-0.4, -0.2) is 61.5 Å². The third-order valence-electron chi connectivity index (χ3n) is 6.95. The lowest BCUT2D eigenvalue weighted by molar-refractivity contribution is 0.0670. The maximum Gasteiger partial charge on any atom is 0.272 e. The van der Waals surface area contributed by atoms with Crippen molar-refractivity contribution >= 4 is 38.2 Å². The lowest BCUT2D eigenvalue weighted by Crippen LogP contribution is -2.37. The highest BCUT2D eigenvalue weighted by Gasteiger charge is 2.24. The van der Waals surface area contributed by atoms with Gasteiger partial charge in [0.2, 0.25) is 10.0 Å². The number of sulfonamides is 1. The molecule has 1 saturated heterocycles. The molecule has 0 saturated carbocycles. The van der Waals surface area contributed by atoms with Gasteiger partial charge in [-0.1, -0.05) is 39.0 Å². The number of piperidine rings is 1. The number of aromatic nitrogens is 1. The zero-order valence-electron chi connectivity index (χ0n) is 23.0. The second-order valence-electron chi connectivity index (χ2n) is 11.2. The highest BCUT2D eigenvalue weighted by molar-refractivity contribution is 7.92. The fourth-order valence-corrected chi connectivity index (χ4v) is 5.65. The number of aryl methyl sites for hydroxylation is 1. The Bertz CT molecular complexity index is 1460. The van der Waals surface area contributed by atoms with Gasteiger partial charge in [-0.3, -0.25) is 14.4 Å². The Labute approximate surface area is 224 Å². The van der Waals surface area contributed by atoms with E-state index in [0.717, 1.165) is 47.7 Å². The Kier molecular flexibility index (Phi) is 7.79. The van der Waals surface area contributed by atoms with E-state index >= 15 is 0 Å². The first-order valence-corrected chi connectivity index (χ1v) is 14.7. The Morgan fingerprint density at radius 2 is 1.89 bits per heavy atom. The molecule has 9 nitrogen and oxygen atoms in total. The van der Waals surface area contributed by atoms with Crippen LogP contribution in [0.25, 0.3) is 10.9 Å². The number of methoxy groups -OCH3 is 1. The number of hydrogen-bond donors (Lipinski definition) is 3. The SMILES string of the molecule is COc1c(NC(=O)c2cc3cccc(CN4CCCC(O)C4)c3n2C)cc(C(C)(C)C)cc1NS(C)(=O)=O. The third-order valence-corrected chi connectivity index (χ3v) is 7.54. The van der Waals surface area contributed by atoms with Gasteiger partial charge in [-0.25, -0.2) is 8.42 Å². The van der Waals surface area contributed by atoms with E-state index < -0.39 is 10.0 Å². The van der Waals surface area contributed by atoms with Crippen LogP contribution < -0.4 is 14.8 Å². The molecule has 3 aromatic rings. The van der Waals surface area contributed by atoms with E-state index in [1.54, 1.807) is 6.07 Å². The van der Waals surface area contributed by atoms with E-state index in [4.69, 9.17) is 4.74 Å². The molecular weight excluding hydrogens is 504 g/mol. The zero-order valence-corrected chi connectivity index (χ0v) is 23.8. The molecule has 206 valence electrons. The standard InChI is InChI=1S/C28H38N4O5S/c1-28(2,3)20-14-22(26(37-5)23(15-20)30-38(6,35)36)29-27(34)24-13-18-9-7-10-19(25(18)31(24)4)16-32-12-8-11-21(33)17-32/h7,9-10,13-15,21,30,33H,8,11-12,16-17H2,1-6H3,(H,29,34). The molecule has 38 heavy (non-hydrogen) atoms. The molecular formula is C28H38N4O5S. The molecule has 0 spiro atoms. The van der Waals surface area contributed by atoms with Crippen LogP contribution in [0.4, 0.5) is 11.4 Å². The van der Waals surface area contributed by atoms with E-state index in [2.05, 4.69) is 21.0 Å².